The molecule has 310 valence electrons. The summed E-state index contributed by atoms with van der Waals surface area (Å²) in [6.07, 6.45) is 5.56. The molecule has 2 fully saturated rings. The summed E-state index contributed by atoms with van der Waals surface area (Å²) in [6.45, 7) is 5.92. The fourth-order valence-corrected chi connectivity index (χ4v) is 9.05. The van der Waals surface area contributed by atoms with Crippen molar-refractivity contribution in [3.8, 4) is 5.75 Å². The first-order valence-corrected chi connectivity index (χ1v) is 22.8. The van der Waals surface area contributed by atoms with Crippen molar-refractivity contribution in [2.24, 2.45) is 0 Å². The lowest BCUT2D eigenvalue weighted by Gasteiger charge is -2.34. The van der Waals surface area contributed by atoms with Gasteiger partial charge in [0.1, 0.15) is 24.0 Å². The Balaban J connectivity index is 0.852. The predicted molar refractivity (Wildman–Crippen MR) is 230 cm³/mol. The van der Waals surface area contributed by atoms with Gasteiger partial charge in [-0.05, 0) is 81.8 Å². The van der Waals surface area contributed by atoms with Crippen LogP contribution < -0.4 is 41.5 Å². The number of nitrogens with zero attached hydrogens (tertiary/aromatic N) is 4. The molecule has 0 spiro atoms. The molecule has 59 heavy (non-hydrogen) atoms. The monoisotopic (exact) mass is 841 g/mol. The summed E-state index contributed by atoms with van der Waals surface area (Å²) >= 11 is 6.45. The van der Waals surface area contributed by atoms with Gasteiger partial charge >= 0.3 is 0 Å². The molecule has 1 unspecified atom stereocenters. The van der Waals surface area contributed by atoms with E-state index in [0.717, 1.165) is 49.3 Å². The van der Waals surface area contributed by atoms with Gasteiger partial charge in [-0.25, -0.2) is 4.98 Å². The third kappa shape index (κ3) is 9.80. The molecule has 1 atom stereocenters. The first kappa shape index (κ1) is 41.5. The molecule has 7 rings (SSSR count). The van der Waals surface area contributed by atoms with Crippen LogP contribution in [0.3, 0.4) is 0 Å². The molecular formula is C42H49ClN9O6P. The number of amides is 4. The Morgan fingerprint density at radius 2 is 1.75 bits per heavy atom. The molecule has 1 aromatic heterocycles. The van der Waals surface area contributed by atoms with Gasteiger partial charge in [0, 0.05) is 78.9 Å². The van der Waals surface area contributed by atoms with E-state index in [0.29, 0.717) is 77.1 Å². The zero-order chi connectivity index (χ0) is 41.7. The Hall–Kier alpha value is -5.66. The Labute approximate surface area is 348 Å². The third-order valence-electron chi connectivity index (χ3n) is 10.9. The van der Waals surface area contributed by atoms with Crippen LogP contribution in [0.15, 0.2) is 66.9 Å². The second-order valence-electron chi connectivity index (χ2n) is 15.3. The first-order valence-electron chi connectivity index (χ1n) is 19.8. The van der Waals surface area contributed by atoms with Crippen molar-refractivity contribution in [1.29, 1.82) is 0 Å². The van der Waals surface area contributed by atoms with E-state index in [4.69, 9.17) is 16.3 Å². The SMILES string of the molecule is COc1cc(N2CCC(NC(=O)CCCCNc3cccc4c3CN(C3CCC(=O)NC3=O)C4=O)CC2)ccc1Nc1ncc(Cl)c(Nc2ccccc2P(C)(C)=O)n1. The number of hydrogen-bond acceptors (Lipinski definition) is 12. The number of fused-ring (bicyclic) bond motifs is 1. The molecule has 15 nitrogen and oxygen atoms in total. The van der Waals surface area contributed by atoms with E-state index in [-0.39, 0.29) is 30.2 Å². The maximum atomic E-state index is 13.1. The minimum absolute atomic E-state index is 0.0364. The second-order valence-corrected chi connectivity index (χ2v) is 18.9. The Morgan fingerprint density at radius 3 is 2.51 bits per heavy atom. The number of carbonyl (C=O) groups excluding carboxylic acids is 4. The average Bonchev–Trinajstić information content (AvgIpc) is 3.55. The van der Waals surface area contributed by atoms with Crippen LogP contribution in [-0.4, -0.2) is 90.7 Å². The van der Waals surface area contributed by atoms with Gasteiger partial charge in [0.2, 0.25) is 23.7 Å². The number of rotatable bonds is 15. The summed E-state index contributed by atoms with van der Waals surface area (Å²) in [5.74, 6) is 0.393. The van der Waals surface area contributed by atoms with Crippen LogP contribution in [0, 0.1) is 0 Å². The number of unbranched alkanes of at least 4 members (excludes halogenated alkanes) is 1. The highest BCUT2D eigenvalue weighted by Crippen LogP contribution is 2.39. The van der Waals surface area contributed by atoms with Crippen LogP contribution in [0.4, 0.5) is 34.5 Å². The number of methoxy groups -OCH3 is 1. The maximum absolute atomic E-state index is 13.1. The number of para-hydroxylation sites is 1. The van der Waals surface area contributed by atoms with Crippen LogP contribution in [0.25, 0.3) is 0 Å². The number of hydrogen-bond donors (Lipinski definition) is 5. The molecule has 17 heteroatoms. The molecule has 4 amide bonds. The zero-order valence-corrected chi connectivity index (χ0v) is 35.0. The van der Waals surface area contributed by atoms with E-state index >= 15 is 0 Å². The molecule has 2 saturated heterocycles. The maximum Gasteiger partial charge on any atom is 0.255 e. The molecule has 3 aliphatic heterocycles. The van der Waals surface area contributed by atoms with Gasteiger partial charge in [-0.2, -0.15) is 4.98 Å². The normalized spacial score (nSPS) is 17.0. The summed E-state index contributed by atoms with van der Waals surface area (Å²) in [6, 6.07) is 18.2. The van der Waals surface area contributed by atoms with E-state index < -0.39 is 19.1 Å². The standard InChI is InChI=1S/C42H49ClN9O6P/c1-58-35-23-27(14-15-32(35)48-42-45-24-30(43)39(50-42)47-33-10-4-5-12-36(33)59(2,3)57)51-21-18-26(19-22-51)46-37(53)13-6-7-20-44-31-11-8-9-28-29(31)25-52(41(28)56)34-16-17-38(54)49-40(34)55/h4-5,8-12,14-15,23-24,26,34,44H,6-7,13,16-22,25H2,1-3H3,(H,46,53)(H,49,54,55)(H2,45,47,48,50). The van der Waals surface area contributed by atoms with Crippen LogP contribution in [0.2, 0.25) is 5.02 Å². The van der Waals surface area contributed by atoms with Crippen LogP contribution in [0.5, 0.6) is 5.75 Å². The van der Waals surface area contributed by atoms with Crippen molar-refractivity contribution < 1.29 is 28.5 Å². The van der Waals surface area contributed by atoms with Gasteiger partial charge in [-0.3, -0.25) is 24.5 Å². The molecule has 0 aliphatic carbocycles. The van der Waals surface area contributed by atoms with Gasteiger partial charge in [0.15, 0.2) is 5.82 Å². The van der Waals surface area contributed by atoms with Gasteiger partial charge in [-0.1, -0.05) is 29.8 Å². The van der Waals surface area contributed by atoms with Crippen LogP contribution in [0.1, 0.15) is 60.9 Å². The summed E-state index contributed by atoms with van der Waals surface area (Å²) in [7, 11) is -0.954. The van der Waals surface area contributed by atoms with Crippen molar-refractivity contribution in [1.82, 2.24) is 25.5 Å². The van der Waals surface area contributed by atoms with Gasteiger partial charge in [0.05, 0.1) is 24.7 Å². The third-order valence-corrected chi connectivity index (χ3v) is 12.7. The zero-order valence-electron chi connectivity index (χ0n) is 33.3. The summed E-state index contributed by atoms with van der Waals surface area (Å²) in [4.78, 5) is 62.8. The number of benzene rings is 3. The molecule has 0 bridgehead atoms. The fraction of sp³-hybridized carbons (Fsp3) is 0.381. The van der Waals surface area contributed by atoms with Crippen molar-refractivity contribution in [3.05, 3.63) is 83.0 Å². The highest BCUT2D eigenvalue weighted by Gasteiger charge is 2.40. The van der Waals surface area contributed by atoms with E-state index in [1.165, 1.54) is 6.20 Å². The van der Waals surface area contributed by atoms with Crippen LogP contribution in [-0.2, 0) is 25.5 Å². The highest BCUT2D eigenvalue weighted by atomic mass is 35.5. The Morgan fingerprint density at radius 1 is 0.966 bits per heavy atom. The molecular weight excluding hydrogens is 793 g/mol. The Kier molecular flexibility index (Phi) is 12.7. The van der Waals surface area contributed by atoms with Gasteiger partial charge in [-0.15, -0.1) is 0 Å². The number of anilines is 6. The number of ether oxygens (including phenoxy) is 1. The van der Waals surface area contributed by atoms with Crippen molar-refractivity contribution in [3.63, 3.8) is 0 Å². The minimum Gasteiger partial charge on any atom is -0.494 e. The smallest absolute Gasteiger partial charge is 0.255 e. The van der Waals surface area contributed by atoms with E-state index in [9.17, 15) is 23.7 Å². The number of aromatic nitrogens is 2. The average molecular weight is 842 g/mol. The van der Waals surface area contributed by atoms with Crippen molar-refractivity contribution in [2.45, 2.75) is 63.6 Å². The predicted octanol–water partition coefficient (Wildman–Crippen LogP) is 6.00. The lowest BCUT2D eigenvalue weighted by atomic mass is 10.0. The highest BCUT2D eigenvalue weighted by molar-refractivity contribution is 7.70. The topological polar surface area (TPSA) is 187 Å². The number of halogens is 1. The number of piperidine rings is 2. The summed E-state index contributed by atoms with van der Waals surface area (Å²) < 4.78 is 18.6. The molecule has 3 aliphatic rings. The lowest BCUT2D eigenvalue weighted by Crippen LogP contribution is -2.52. The molecule has 3 aromatic carbocycles. The molecule has 4 heterocycles. The van der Waals surface area contributed by atoms with Crippen molar-refractivity contribution in [2.75, 3.05) is 60.9 Å². The number of nitrogens with one attached hydrogen (secondary N) is 5. The van der Waals surface area contributed by atoms with Crippen molar-refractivity contribution >= 4 is 82.2 Å². The first-order chi connectivity index (χ1) is 28.4. The van der Waals surface area contributed by atoms with E-state index in [1.807, 2.05) is 54.6 Å². The lowest BCUT2D eigenvalue weighted by molar-refractivity contribution is -0.137. The fourth-order valence-electron chi connectivity index (χ4n) is 7.76. The minimum atomic E-state index is -2.56. The quantitative estimate of drug-likeness (QED) is 0.0535. The summed E-state index contributed by atoms with van der Waals surface area (Å²) in [5, 5.41) is 16.4. The Bertz CT molecular complexity index is 2300. The van der Waals surface area contributed by atoms with Gasteiger partial charge in [0.25, 0.3) is 5.91 Å². The summed E-state index contributed by atoms with van der Waals surface area (Å²) in [5.41, 5.74) is 4.59. The van der Waals surface area contributed by atoms with Gasteiger partial charge < -0.3 is 40.4 Å². The molecule has 4 aromatic rings. The number of carbonyl (C=O) groups is 4. The largest absolute Gasteiger partial charge is 0.494 e. The number of imide groups is 1. The molecule has 0 radical (unpaired) electrons. The second kappa shape index (κ2) is 18.1. The molecule has 0 saturated carbocycles. The van der Waals surface area contributed by atoms with E-state index in [1.54, 1.807) is 31.4 Å². The molecule has 5 N–H and O–H groups in total. The van der Waals surface area contributed by atoms with E-state index in [2.05, 4.69) is 41.5 Å². The van der Waals surface area contributed by atoms with Crippen LogP contribution >= 0.6 is 18.7 Å².